The van der Waals surface area contributed by atoms with Crippen LogP contribution in [0.5, 0.6) is 0 Å². The predicted octanol–water partition coefficient (Wildman–Crippen LogP) is 8.82. The van der Waals surface area contributed by atoms with E-state index in [0.717, 1.165) is 52.8 Å². The maximum absolute atomic E-state index is 5.99. The second-order valence-corrected chi connectivity index (χ2v) is 7.35. The van der Waals surface area contributed by atoms with Gasteiger partial charge in [0.15, 0.2) is 11.7 Å². The van der Waals surface area contributed by atoms with E-state index in [4.69, 9.17) is 16.3 Å². The molecule has 5 nitrogen and oxygen atoms in total. The summed E-state index contributed by atoms with van der Waals surface area (Å²) < 4.78 is 7.74. The van der Waals surface area contributed by atoms with E-state index in [1.54, 1.807) is 0 Å². The van der Waals surface area contributed by atoms with Gasteiger partial charge in [-0.15, -0.1) is 0 Å². The van der Waals surface area contributed by atoms with Crippen LogP contribution in [-0.4, -0.2) is 21.9 Å². The molecule has 0 atom stereocenters. The van der Waals surface area contributed by atoms with Crippen molar-refractivity contribution < 1.29 is 4.74 Å². The summed E-state index contributed by atoms with van der Waals surface area (Å²) in [5.74, 6) is 1.44. The van der Waals surface area contributed by atoms with Gasteiger partial charge in [0, 0.05) is 23.8 Å². The molecule has 1 N–H and O–H groups in total. The molecule has 0 saturated carbocycles. The average molecular weight is 491 g/mol. The number of halogens is 1. The third kappa shape index (κ3) is 13.9. The fourth-order valence-electron chi connectivity index (χ4n) is 2.65. The molecule has 0 aliphatic rings. The Bertz CT molecular complexity index is 852. The number of hydrogen-bond donors (Lipinski definition) is 1. The van der Waals surface area contributed by atoms with Gasteiger partial charge in [0.1, 0.15) is 5.69 Å². The van der Waals surface area contributed by atoms with Gasteiger partial charge < -0.3 is 14.6 Å². The van der Waals surface area contributed by atoms with Crippen LogP contribution in [0.15, 0.2) is 54.6 Å². The summed E-state index contributed by atoms with van der Waals surface area (Å²) in [6.45, 7) is 27.9. The van der Waals surface area contributed by atoms with Crippen LogP contribution >= 0.6 is 11.6 Å². The fourth-order valence-corrected chi connectivity index (χ4v) is 2.86. The van der Waals surface area contributed by atoms with Crippen molar-refractivity contribution in [2.75, 3.05) is 6.61 Å². The number of nitrogens with zero attached hydrogens (tertiary/aromatic N) is 3. The van der Waals surface area contributed by atoms with Gasteiger partial charge in [0.05, 0.1) is 12.9 Å². The summed E-state index contributed by atoms with van der Waals surface area (Å²) in [5.41, 5.74) is 3.86. The number of allylic oxidation sites excluding steroid dienone is 1. The zero-order chi connectivity index (χ0) is 26.5. The Morgan fingerprint density at radius 2 is 1.71 bits per heavy atom. The van der Waals surface area contributed by atoms with E-state index < -0.39 is 0 Å². The summed E-state index contributed by atoms with van der Waals surface area (Å²) in [7, 11) is 0. The largest absolute Gasteiger partial charge is 0.480 e. The zero-order valence-electron chi connectivity index (χ0n) is 23.0. The summed E-state index contributed by atoms with van der Waals surface area (Å²) in [6, 6.07) is 7.71. The lowest BCUT2D eigenvalue weighted by Gasteiger charge is -2.12. The monoisotopic (exact) mass is 490 g/mol. The van der Waals surface area contributed by atoms with Gasteiger partial charge >= 0.3 is 0 Å². The van der Waals surface area contributed by atoms with E-state index in [1.165, 1.54) is 0 Å². The van der Waals surface area contributed by atoms with Crippen molar-refractivity contribution in [1.82, 2.24) is 14.9 Å². The van der Waals surface area contributed by atoms with Gasteiger partial charge in [0.25, 0.3) is 0 Å². The zero-order valence-corrected chi connectivity index (χ0v) is 23.7. The molecule has 2 aromatic rings. The highest BCUT2D eigenvalue weighted by atomic mass is 35.5. The molecule has 0 spiro atoms. The van der Waals surface area contributed by atoms with Crippen LogP contribution < -0.4 is 5.32 Å². The minimum Gasteiger partial charge on any atom is -0.480 e. The highest BCUT2D eigenvalue weighted by molar-refractivity contribution is 6.30. The number of benzene rings is 1. The molecule has 34 heavy (non-hydrogen) atoms. The molecule has 6 heteroatoms. The molecule has 192 valence electrons. The molecule has 0 unspecified atom stereocenters. The van der Waals surface area contributed by atoms with Gasteiger partial charge in [-0.1, -0.05) is 71.9 Å². The second-order valence-electron chi connectivity index (χ2n) is 6.91. The van der Waals surface area contributed by atoms with Gasteiger partial charge in [-0.3, -0.25) is 0 Å². The fraction of sp³-hybridized carbons (Fsp3) is 0.500. The Morgan fingerprint density at radius 1 is 1.06 bits per heavy atom. The van der Waals surface area contributed by atoms with Gasteiger partial charge in [-0.2, -0.15) is 0 Å². The van der Waals surface area contributed by atoms with Crippen LogP contribution in [0.25, 0.3) is 5.57 Å². The van der Waals surface area contributed by atoms with Crippen LogP contribution in [0.3, 0.4) is 0 Å². The molecule has 1 heterocycles. The normalized spacial score (nSPS) is 9.12. The third-order valence-corrected chi connectivity index (χ3v) is 4.23. The van der Waals surface area contributed by atoms with Crippen LogP contribution in [0.1, 0.15) is 86.4 Å². The predicted molar refractivity (Wildman–Crippen MR) is 152 cm³/mol. The van der Waals surface area contributed by atoms with Crippen molar-refractivity contribution in [2.24, 2.45) is 4.99 Å². The Hall–Kier alpha value is -2.53. The Labute approximate surface area is 214 Å². The molecule has 1 aromatic heterocycles. The maximum Gasteiger partial charge on any atom is 0.179 e. The van der Waals surface area contributed by atoms with Crippen molar-refractivity contribution >= 4 is 28.7 Å². The van der Waals surface area contributed by atoms with Crippen molar-refractivity contribution in [1.29, 1.82) is 0 Å². The van der Waals surface area contributed by atoms with Gasteiger partial charge in [0.2, 0.25) is 0 Å². The van der Waals surface area contributed by atoms with Gasteiger partial charge in [-0.05, 0) is 63.5 Å². The van der Waals surface area contributed by atoms with E-state index >= 15 is 0 Å². The lowest BCUT2D eigenvalue weighted by atomic mass is 10.2. The van der Waals surface area contributed by atoms with Gasteiger partial charge in [-0.25, -0.2) is 9.98 Å². The van der Waals surface area contributed by atoms with Crippen molar-refractivity contribution in [3.05, 3.63) is 65.9 Å². The second kappa shape index (κ2) is 21.0. The molecule has 0 saturated heterocycles. The summed E-state index contributed by atoms with van der Waals surface area (Å²) >= 11 is 5.99. The Morgan fingerprint density at radius 3 is 2.26 bits per heavy atom. The smallest absolute Gasteiger partial charge is 0.179 e. The Kier molecular flexibility index (Phi) is 20.8. The SMILES string of the molecule is C=C(NCc1cccc(Cl)c1)OCCCCn1cnc(C(=C)C)c1N=C(C)C.CC.CC.CC. The number of unbranched alkanes of at least 4 members (excludes halogenated alkanes) is 1. The van der Waals surface area contributed by atoms with E-state index in [9.17, 15) is 0 Å². The quantitative estimate of drug-likeness (QED) is 0.194. The van der Waals surface area contributed by atoms with Crippen molar-refractivity contribution in [2.45, 2.75) is 88.2 Å². The number of ether oxygens (including phenoxy) is 1. The van der Waals surface area contributed by atoms with E-state index in [1.807, 2.05) is 92.9 Å². The third-order valence-electron chi connectivity index (χ3n) is 3.99. The topological polar surface area (TPSA) is 51.4 Å². The molecule has 0 aliphatic heterocycles. The number of nitrogens with one attached hydrogen (secondary N) is 1. The number of aliphatic imine (C=N–C) groups is 1. The lowest BCUT2D eigenvalue weighted by Crippen LogP contribution is -2.15. The lowest BCUT2D eigenvalue weighted by molar-refractivity contribution is 0.185. The number of rotatable bonds is 11. The molecule has 0 bridgehead atoms. The first-order valence-corrected chi connectivity index (χ1v) is 12.8. The van der Waals surface area contributed by atoms with E-state index in [2.05, 4.69) is 33.0 Å². The Balaban J connectivity index is 0. The van der Waals surface area contributed by atoms with Crippen molar-refractivity contribution in [3.63, 3.8) is 0 Å². The van der Waals surface area contributed by atoms with Crippen LogP contribution in [0, 0.1) is 0 Å². The first-order chi connectivity index (χ1) is 16.4. The summed E-state index contributed by atoms with van der Waals surface area (Å²) in [5, 5.41) is 3.89. The minimum atomic E-state index is 0.569. The number of hydrogen-bond acceptors (Lipinski definition) is 4. The molecular formula is C28H47ClN4O. The van der Waals surface area contributed by atoms with Crippen molar-refractivity contribution in [3.8, 4) is 0 Å². The first kappa shape index (κ1) is 33.6. The van der Waals surface area contributed by atoms with E-state index in [-0.39, 0.29) is 0 Å². The molecule has 0 fully saturated rings. The highest BCUT2D eigenvalue weighted by Gasteiger charge is 2.10. The van der Waals surface area contributed by atoms with Crippen LogP contribution in [-0.2, 0) is 17.8 Å². The average Bonchev–Trinajstić information content (AvgIpc) is 3.23. The standard InChI is InChI=1S/C22H29ClN4O.3C2H6/c1-16(2)21-22(26-17(3)4)27(15-25-21)11-6-7-12-28-18(5)24-14-19-9-8-10-20(23)13-19;3*1-2/h8-10,13,15,24H,1,5-7,11-12,14H2,2-4H3;3*1-2H3. The molecule has 0 amide bonds. The first-order valence-electron chi connectivity index (χ1n) is 12.4. The number of imidazole rings is 1. The number of aromatic nitrogens is 2. The molecule has 2 rings (SSSR count). The molecule has 0 radical (unpaired) electrons. The molecular weight excluding hydrogens is 444 g/mol. The molecule has 1 aromatic carbocycles. The van der Waals surface area contributed by atoms with E-state index in [0.29, 0.717) is 19.0 Å². The van der Waals surface area contributed by atoms with Crippen LogP contribution in [0.4, 0.5) is 5.82 Å². The summed E-state index contributed by atoms with van der Waals surface area (Å²) in [6.07, 6.45) is 3.70. The number of aryl methyl sites for hydroxylation is 1. The highest BCUT2D eigenvalue weighted by Crippen LogP contribution is 2.25. The molecule has 0 aliphatic carbocycles. The minimum absolute atomic E-state index is 0.569. The van der Waals surface area contributed by atoms with Crippen LogP contribution in [0.2, 0.25) is 5.02 Å². The summed E-state index contributed by atoms with van der Waals surface area (Å²) in [4.78, 5) is 9.07. The maximum atomic E-state index is 5.99.